The molecule has 0 saturated heterocycles. The molecule has 0 bridgehead atoms. The van der Waals surface area contributed by atoms with Gasteiger partial charge in [-0.1, -0.05) is 6.92 Å². The summed E-state index contributed by atoms with van der Waals surface area (Å²) in [5, 5.41) is 16.3. The first-order chi connectivity index (χ1) is 12.6. The van der Waals surface area contributed by atoms with Crippen molar-refractivity contribution in [1.29, 1.82) is 0 Å². The summed E-state index contributed by atoms with van der Waals surface area (Å²) in [6, 6.07) is 8.76. The van der Waals surface area contributed by atoms with Crippen molar-refractivity contribution in [2.24, 2.45) is 0 Å². The maximum Gasteiger partial charge on any atom is 0.180 e. The van der Waals surface area contributed by atoms with Crippen molar-refractivity contribution in [3.63, 3.8) is 0 Å². The third-order valence-corrected chi connectivity index (χ3v) is 3.91. The van der Waals surface area contributed by atoms with Gasteiger partial charge < -0.3 is 20.5 Å². The minimum absolute atomic E-state index is 0.0800. The van der Waals surface area contributed by atoms with Gasteiger partial charge in [0, 0.05) is 12.1 Å². The quantitative estimate of drug-likeness (QED) is 0.591. The van der Waals surface area contributed by atoms with E-state index >= 15 is 0 Å². The molecule has 0 atom stereocenters. The van der Waals surface area contributed by atoms with Gasteiger partial charge in [0.2, 0.25) is 0 Å². The second kappa shape index (κ2) is 7.92. The second-order valence-corrected chi connectivity index (χ2v) is 5.97. The zero-order valence-corrected chi connectivity index (χ0v) is 15.3. The van der Waals surface area contributed by atoms with Gasteiger partial charge in [-0.15, -0.1) is 0 Å². The third-order valence-electron chi connectivity index (χ3n) is 3.66. The van der Waals surface area contributed by atoms with E-state index in [1.54, 1.807) is 24.4 Å². The van der Waals surface area contributed by atoms with Gasteiger partial charge in [-0.25, -0.2) is 15.0 Å². The Morgan fingerprint density at radius 3 is 2.85 bits per heavy atom. The number of nitrogens with one attached hydrogen (secondary N) is 2. The van der Waals surface area contributed by atoms with E-state index in [1.165, 1.54) is 7.11 Å². The SMILES string of the molecule is CCCNC(=S)Nc1cnc2ccc(-c3ccc(O)c(OC)c3)nc2n1. The molecule has 3 N–H and O–H groups in total. The molecule has 1 aromatic carbocycles. The molecule has 0 aliphatic carbocycles. The van der Waals surface area contributed by atoms with Crippen LogP contribution in [0.15, 0.2) is 36.5 Å². The van der Waals surface area contributed by atoms with Crippen LogP contribution in [-0.2, 0) is 0 Å². The van der Waals surface area contributed by atoms with E-state index in [2.05, 4.69) is 32.5 Å². The molecule has 0 saturated carbocycles. The number of anilines is 1. The molecule has 0 fully saturated rings. The van der Waals surface area contributed by atoms with Gasteiger partial charge in [0.05, 0.1) is 19.0 Å². The number of phenolic OH excluding ortho intramolecular Hbond substituents is 1. The van der Waals surface area contributed by atoms with Gasteiger partial charge in [0.1, 0.15) is 5.52 Å². The highest BCUT2D eigenvalue weighted by Gasteiger charge is 2.09. The number of methoxy groups -OCH3 is 1. The zero-order chi connectivity index (χ0) is 18.5. The third kappa shape index (κ3) is 3.97. The molecular weight excluding hydrogens is 350 g/mol. The summed E-state index contributed by atoms with van der Waals surface area (Å²) in [7, 11) is 1.51. The van der Waals surface area contributed by atoms with E-state index in [1.807, 2.05) is 12.1 Å². The van der Waals surface area contributed by atoms with Crippen molar-refractivity contribution in [2.45, 2.75) is 13.3 Å². The molecule has 0 spiro atoms. The monoisotopic (exact) mass is 369 g/mol. The van der Waals surface area contributed by atoms with E-state index < -0.39 is 0 Å². The fourth-order valence-electron chi connectivity index (χ4n) is 2.35. The highest BCUT2D eigenvalue weighted by molar-refractivity contribution is 7.80. The van der Waals surface area contributed by atoms with Crippen molar-refractivity contribution in [1.82, 2.24) is 20.3 Å². The van der Waals surface area contributed by atoms with Crippen molar-refractivity contribution >= 4 is 34.3 Å². The summed E-state index contributed by atoms with van der Waals surface area (Å²) in [5.74, 6) is 0.994. The van der Waals surface area contributed by atoms with Crippen LogP contribution in [-0.4, -0.2) is 38.8 Å². The fraction of sp³-hybridized carbons (Fsp3) is 0.222. The van der Waals surface area contributed by atoms with Crippen LogP contribution in [0.4, 0.5) is 5.82 Å². The molecule has 2 aromatic heterocycles. The number of thiocarbonyl (C=S) groups is 1. The van der Waals surface area contributed by atoms with Gasteiger partial charge in [0.25, 0.3) is 0 Å². The van der Waals surface area contributed by atoms with Gasteiger partial charge >= 0.3 is 0 Å². The Kier molecular flexibility index (Phi) is 5.43. The maximum absolute atomic E-state index is 9.74. The van der Waals surface area contributed by atoms with Crippen LogP contribution >= 0.6 is 12.2 Å². The summed E-state index contributed by atoms with van der Waals surface area (Å²) >= 11 is 5.22. The lowest BCUT2D eigenvalue weighted by atomic mass is 10.1. The molecule has 0 unspecified atom stereocenters. The van der Waals surface area contributed by atoms with E-state index in [0.717, 1.165) is 18.5 Å². The number of hydrogen-bond acceptors (Lipinski definition) is 6. The number of hydrogen-bond donors (Lipinski definition) is 3. The molecule has 2 heterocycles. The number of fused-ring (bicyclic) bond motifs is 1. The normalized spacial score (nSPS) is 10.5. The number of rotatable bonds is 5. The van der Waals surface area contributed by atoms with Crippen molar-refractivity contribution < 1.29 is 9.84 Å². The number of phenols is 1. The van der Waals surface area contributed by atoms with Crippen LogP contribution in [0.25, 0.3) is 22.4 Å². The van der Waals surface area contributed by atoms with Crippen molar-refractivity contribution in [3.8, 4) is 22.8 Å². The summed E-state index contributed by atoms with van der Waals surface area (Å²) in [6.07, 6.45) is 2.60. The van der Waals surface area contributed by atoms with Crippen molar-refractivity contribution in [2.75, 3.05) is 19.0 Å². The number of benzene rings is 1. The average Bonchev–Trinajstić information content (AvgIpc) is 2.66. The molecule has 134 valence electrons. The highest BCUT2D eigenvalue weighted by atomic mass is 32.1. The summed E-state index contributed by atoms with van der Waals surface area (Å²) < 4.78 is 5.15. The van der Waals surface area contributed by atoms with Crippen LogP contribution < -0.4 is 15.4 Å². The molecular formula is C18H19N5O2S. The average molecular weight is 369 g/mol. The Morgan fingerprint density at radius 1 is 1.23 bits per heavy atom. The van der Waals surface area contributed by atoms with Gasteiger partial charge in [0.15, 0.2) is 28.1 Å². The maximum atomic E-state index is 9.74. The van der Waals surface area contributed by atoms with E-state index in [9.17, 15) is 5.11 Å². The molecule has 3 rings (SSSR count). The Bertz CT molecular complexity index is 948. The fourth-order valence-corrected chi connectivity index (χ4v) is 2.56. The van der Waals surface area contributed by atoms with E-state index in [4.69, 9.17) is 17.0 Å². The first-order valence-corrected chi connectivity index (χ1v) is 8.57. The molecule has 26 heavy (non-hydrogen) atoms. The number of aromatic hydroxyl groups is 1. The molecule has 3 aromatic rings. The first-order valence-electron chi connectivity index (χ1n) is 8.16. The molecule has 0 radical (unpaired) electrons. The number of aromatic nitrogens is 3. The minimum Gasteiger partial charge on any atom is -0.504 e. The van der Waals surface area contributed by atoms with Crippen LogP contribution in [0, 0.1) is 0 Å². The lowest BCUT2D eigenvalue weighted by Gasteiger charge is -2.09. The molecule has 8 heteroatoms. The predicted octanol–water partition coefficient (Wildman–Crippen LogP) is 3.10. The summed E-state index contributed by atoms with van der Waals surface area (Å²) in [6.45, 7) is 2.85. The molecule has 7 nitrogen and oxygen atoms in total. The number of nitrogens with zero attached hydrogens (tertiary/aromatic N) is 3. The number of ether oxygens (including phenoxy) is 1. The lowest BCUT2D eigenvalue weighted by Crippen LogP contribution is -2.29. The highest BCUT2D eigenvalue weighted by Crippen LogP contribution is 2.31. The van der Waals surface area contributed by atoms with Crippen LogP contribution in [0.1, 0.15) is 13.3 Å². The topological polar surface area (TPSA) is 92.2 Å². The molecule has 0 amide bonds. The first kappa shape index (κ1) is 17.8. The number of pyridine rings is 1. The van der Waals surface area contributed by atoms with Gasteiger partial charge in [-0.05, 0) is 49.0 Å². The van der Waals surface area contributed by atoms with Gasteiger partial charge in [-0.3, -0.25) is 0 Å². The van der Waals surface area contributed by atoms with E-state index in [0.29, 0.717) is 33.5 Å². The second-order valence-electron chi connectivity index (χ2n) is 5.56. The van der Waals surface area contributed by atoms with Gasteiger partial charge in [-0.2, -0.15) is 0 Å². The van der Waals surface area contributed by atoms with Crippen LogP contribution in [0.2, 0.25) is 0 Å². The molecule has 0 aliphatic rings. The Balaban J connectivity index is 1.91. The zero-order valence-electron chi connectivity index (χ0n) is 14.5. The largest absolute Gasteiger partial charge is 0.504 e. The van der Waals surface area contributed by atoms with Crippen LogP contribution in [0.5, 0.6) is 11.5 Å². The Labute approximate surface area is 156 Å². The lowest BCUT2D eigenvalue weighted by molar-refractivity contribution is 0.373. The Hall–Kier alpha value is -3.00. The summed E-state index contributed by atoms with van der Waals surface area (Å²) in [5.41, 5.74) is 2.69. The predicted molar refractivity (Wildman–Crippen MR) is 106 cm³/mol. The Morgan fingerprint density at radius 2 is 2.08 bits per heavy atom. The standard InChI is InChI=1S/C18H19N5O2S/c1-3-8-19-18(26)23-16-10-20-13-6-5-12(21-17(13)22-16)11-4-7-14(24)15(9-11)25-2/h4-7,9-10,24H,3,8H2,1-2H3,(H2,19,21,22,23,26). The summed E-state index contributed by atoms with van der Waals surface area (Å²) in [4.78, 5) is 13.4. The smallest absolute Gasteiger partial charge is 0.180 e. The van der Waals surface area contributed by atoms with Crippen molar-refractivity contribution in [3.05, 3.63) is 36.5 Å². The molecule has 0 aliphatic heterocycles. The van der Waals surface area contributed by atoms with E-state index in [-0.39, 0.29) is 5.75 Å². The minimum atomic E-state index is 0.0800. The van der Waals surface area contributed by atoms with Crippen LogP contribution in [0.3, 0.4) is 0 Å².